The number of aromatic nitrogens is 3. The number of aryl methyl sites for hydroxylation is 1. The lowest BCUT2D eigenvalue weighted by Crippen LogP contribution is -2.40. The van der Waals surface area contributed by atoms with Crippen molar-refractivity contribution in [2.75, 3.05) is 38.6 Å². The fourth-order valence-corrected chi connectivity index (χ4v) is 4.05. The van der Waals surface area contributed by atoms with Crippen molar-refractivity contribution >= 4 is 22.7 Å². The van der Waals surface area contributed by atoms with Crippen LogP contribution in [0.15, 0.2) is 47.7 Å². The van der Waals surface area contributed by atoms with Crippen molar-refractivity contribution in [2.45, 2.75) is 25.8 Å². The maximum absolute atomic E-state index is 5.01. The van der Waals surface area contributed by atoms with Crippen LogP contribution in [0.25, 0.3) is 10.9 Å². The second-order valence-electron chi connectivity index (χ2n) is 8.10. The van der Waals surface area contributed by atoms with Gasteiger partial charge in [0.2, 0.25) is 0 Å². The van der Waals surface area contributed by atoms with Crippen LogP contribution in [-0.2, 0) is 13.6 Å². The van der Waals surface area contributed by atoms with Gasteiger partial charge in [0.25, 0.3) is 0 Å². The first kappa shape index (κ1) is 20.2. The summed E-state index contributed by atoms with van der Waals surface area (Å²) in [6.07, 6.45) is 5.24. The van der Waals surface area contributed by atoms with Crippen molar-refractivity contribution in [3.8, 4) is 0 Å². The molecule has 0 bridgehead atoms. The zero-order valence-corrected chi connectivity index (χ0v) is 18.3. The van der Waals surface area contributed by atoms with Crippen molar-refractivity contribution in [1.29, 1.82) is 0 Å². The minimum absolute atomic E-state index is 0.504. The van der Waals surface area contributed by atoms with E-state index >= 15 is 0 Å². The number of likely N-dealkylation sites (tertiary alicyclic amines) is 1. The second-order valence-corrected chi connectivity index (χ2v) is 8.10. The highest BCUT2D eigenvalue weighted by Gasteiger charge is 2.27. The number of rotatable bonds is 5. The van der Waals surface area contributed by atoms with Crippen LogP contribution in [0.2, 0.25) is 0 Å². The Bertz CT molecular complexity index is 1040. The van der Waals surface area contributed by atoms with Crippen molar-refractivity contribution in [3.63, 3.8) is 0 Å². The smallest absolute Gasteiger partial charge is 0.194 e. The molecule has 7 nitrogen and oxygen atoms in total. The molecule has 158 valence electrons. The lowest BCUT2D eigenvalue weighted by Gasteiger charge is -2.22. The number of aliphatic imine (C=N–C) groups is 1. The zero-order valence-electron chi connectivity index (χ0n) is 18.3. The molecule has 3 heterocycles. The van der Waals surface area contributed by atoms with Crippen molar-refractivity contribution < 1.29 is 0 Å². The van der Waals surface area contributed by atoms with Crippen molar-refractivity contribution in [2.24, 2.45) is 12.0 Å². The standard InChI is InChI=1S/C23H31N7/c1-5-24-23(30-11-10-17(16-30)19-14-26-29(4)15-19)25-13-18-12-22(28(2)3)27-21-9-7-6-8-20(18)21/h6-9,12,14-15,17H,5,10-11,13,16H2,1-4H3,(H,24,25). The predicted octanol–water partition coefficient (Wildman–Crippen LogP) is 2.99. The molecule has 1 saturated heterocycles. The first-order valence-electron chi connectivity index (χ1n) is 10.6. The van der Waals surface area contributed by atoms with Crippen LogP contribution in [0, 0.1) is 0 Å². The molecule has 1 N–H and O–H groups in total. The molecule has 1 aromatic carbocycles. The van der Waals surface area contributed by atoms with Gasteiger partial charge < -0.3 is 15.1 Å². The van der Waals surface area contributed by atoms with Crippen LogP contribution < -0.4 is 10.2 Å². The molecular formula is C23H31N7. The Morgan fingerprint density at radius 2 is 2.13 bits per heavy atom. The van der Waals surface area contributed by atoms with Crippen LogP contribution >= 0.6 is 0 Å². The highest BCUT2D eigenvalue weighted by atomic mass is 15.3. The number of fused-ring (bicyclic) bond motifs is 1. The number of anilines is 1. The number of para-hydroxylation sites is 1. The summed E-state index contributed by atoms with van der Waals surface area (Å²) in [5.41, 5.74) is 3.52. The first-order valence-corrected chi connectivity index (χ1v) is 10.6. The van der Waals surface area contributed by atoms with Crippen LogP contribution in [-0.4, -0.2) is 59.4 Å². The Hall–Kier alpha value is -3.09. The monoisotopic (exact) mass is 405 g/mol. The van der Waals surface area contributed by atoms with E-state index in [4.69, 9.17) is 9.98 Å². The molecule has 0 saturated carbocycles. The van der Waals surface area contributed by atoms with E-state index in [0.29, 0.717) is 12.5 Å². The molecule has 1 aliphatic heterocycles. The normalized spacial score (nSPS) is 17.0. The predicted molar refractivity (Wildman–Crippen MR) is 123 cm³/mol. The number of nitrogens with zero attached hydrogens (tertiary/aromatic N) is 6. The summed E-state index contributed by atoms with van der Waals surface area (Å²) in [7, 11) is 6.02. The number of nitrogens with one attached hydrogen (secondary N) is 1. The van der Waals surface area contributed by atoms with Gasteiger partial charge in [-0.05, 0) is 36.6 Å². The first-order chi connectivity index (χ1) is 14.5. The Morgan fingerprint density at radius 1 is 1.30 bits per heavy atom. The van der Waals surface area contributed by atoms with Gasteiger partial charge in [-0.1, -0.05) is 18.2 Å². The molecule has 0 aliphatic carbocycles. The quantitative estimate of drug-likeness (QED) is 0.522. The van der Waals surface area contributed by atoms with E-state index in [2.05, 4.69) is 52.7 Å². The number of pyridine rings is 1. The molecule has 1 aliphatic rings. The number of hydrogen-bond acceptors (Lipinski definition) is 4. The Labute approximate surface area is 178 Å². The lowest BCUT2D eigenvalue weighted by molar-refractivity contribution is 0.486. The summed E-state index contributed by atoms with van der Waals surface area (Å²) in [5, 5.41) is 8.99. The number of benzene rings is 1. The van der Waals surface area contributed by atoms with E-state index in [1.165, 1.54) is 11.1 Å². The molecule has 3 aromatic rings. The molecule has 0 radical (unpaired) electrons. The van der Waals surface area contributed by atoms with Crippen molar-refractivity contribution in [1.82, 2.24) is 25.0 Å². The third kappa shape index (κ3) is 4.25. The average Bonchev–Trinajstić information content (AvgIpc) is 3.39. The van der Waals surface area contributed by atoms with E-state index in [1.54, 1.807) is 0 Å². The van der Waals surface area contributed by atoms with Crippen LogP contribution in [0.3, 0.4) is 0 Å². The van der Waals surface area contributed by atoms with E-state index in [1.807, 2.05) is 43.0 Å². The van der Waals surface area contributed by atoms with Gasteiger partial charge in [0.1, 0.15) is 5.82 Å². The minimum Gasteiger partial charge on any atom is -0.363 e. The molecule has 7 heteroatoms. The summed E-state index contributed by atoms with van der Waals surface area (Å²) < 4.78 is 1.88. The highest BCUT2D eigenvalue weighted by molar-refractivity contribution is 5.85. The molecule has 1 fully saturated rings. The van der Waals surface area contributed by atoms with Crippen LogP contribution in [0.4, 0.5) is 5.82 Å². The van der Waals surface area contributed by atoms with E-state index in [0.717, 1.165) is 48.7 Å². The largest absolute Gasteiger partial charge is 0.363 e. The minimum atomic E-state index is 0.504. The summed E-state index contributed by atoms with van der Waals surface area (Å²) in [4.78, 5) is 14.2. The lowest BCUT2D eigenvalue weighted by atomic mass is 10.0. The summed E-state index contributed by atoms with van der Waals surface area (Å²) in [6.45, 7) is 5.58. The molecule has 1 unspecified atom stereocenters. The Morgan fingerprint density at radius 3 is 2.87 bits per heavy atom. The second kappa shape index (κ2) is 8.73. The van der Waals surface area contributed by atoms with Gasteiger partial charge in [-0.25, -0.2) is 9.98 Å². The molecule has 0 spiro atoms. The number of hydrogen-bond donors (Lipinski definition) is 1. The van der Waals surface area contributed by atoms with Gasteiger partial charge in [-0.15, -0.1) is 0 Å². The van der Waals surface area contributed by atoms with E-state index < -0.39 is 0 Å². The molecule has 2 aromatic heterocycles. The van der Waals surface area contributed by atoms with E-state index in [9.17, 15) is 0 Å². The van der Waals surface area contributed by atoms with Gasteiger partial charge in [0.05, 0.1) is 18.3 Å². The van der Waals surface area contributed by atoms with Gasteiger partial charge in [0.15, 0.2) is 5.96 Å². The SMILES string of the molecule is CCNC(=NCc1cc(N(C)C)nc2ccccc12)N1CCC(c2cnn(C)c2)C1. The fraction of sp³-hybridized carbons (Fsp3) is 0.435. The molecular weight excluding hydrogens is 374 g/mol. The third-order valence-electron chi connectivity index (χ3n) is 5.66. The van der Waals surface area contributed by atoms with Gasteiger partial charge >= 0.3 is 0 Å². The zero-order chi connectivity index (χ0) is 21.1. The average molecular weight is 406 g/mol. The van der Waals surface area contributed by atoms with Gasteiger partial charge in [0, 0.05) is 58.3 Å². The summed E-state index contributed by atoms with van der Waals surface area (Å²) in [5.74, 6) is 2.45. The van der Waals surface area contributed by atoms with Crippen LogP contribution in [0.1, 0.15) is 30.4 Å². The molecule has 4 rings (SSSR count). The fourth-order valence-electron chi connectivity index (χ4n) is 4.05. The third-order valence-corrected chi connectivity index (χ3v) is 5.66. The maximum atomic E-state index is 5.01. The van der Waals surface area contributed by atoms with E-state index in [-0.39, 0.29) is 0 Å². The Kier molecular flexibility index (Phi) is 5.88. The summed E-state index contributed by atoms with van der Waals surface area (Å²) >= 11 is 0. The maximum Gasteiger partial charge on any atom is 0.194 e. The van der Waals surface area contributed by atoms with Crippen LogP contribution in [0.5, 0.6) is 0 Å². The molecule has 1 atom stereocenters. The van der Waals surface area contributed by atoms with Crippen molar-refractivity contribution in [3.05, 3.63) is 53.9 Å². The topological polar surface area (TPSA) is 61.6 Å². The Balaban J connectivity index is 1.58. The van der Waals surface area contributed by atoms with Gasteiger partial charge in [-0.2, -0.15) is 5.10 Å². The number of guanidine groups is 1. The molecule has 0 amide bonds. The highest BCUT2D eigenvalue weighted by Crippen LogP contribution is 2.27. The molecule has 30 heavy (non-hydrogen) atoms. The van der Waals surface area contributed by atoms with Gasteiger partial charge in [-0.3, -0.25) is 4.68 Å². The summed E-state index contributed by atoms with van der Waals surface area (Å²) in [6, 6.07) is 10.5.